The van der Waals surface area contributed by atoms with E-state index in [0.29, 0.717) is 5.71 Å². The average molecular weight is 755 g/mol. The molecule has 1 aliphatic carbocycles. The molecule has 280 valence electrons. The molecule has 2 nitrogen and oxygen atoms in total. The predicted octanol–water partition coefficient (Wildman–Crippen LogP) is 14.8. The molecule has 2 heteroatoms. The van der Waals surface area contributed by atoms with Gasteiger partial charge in [0.1, 0.15) is 0 Å². The fourth-order valence-corrected chi connectivity index (χ4v) is 9.07. The maximum Gasteiger partial charge on any atom is 0.0723 e. The summed E-state index contributed by atoms with van der Waals surface area (Å²) in [6.07, 6.45) is 3.83. The van der Waals surface area contributed by atoms with Crippen molar-refractivity contribution in [3.8, 4) is 44.5 Å². The quantitative estimate of drug-likeness (QED) is 0.150. The fraction of sp³-hybridized carbons (Fsp3) is 0.0526. The Morgan fingerprint density at radius 2 is 1.08 bits per heavy atom. The van der Waals surface area contributed by atoms with Crippen molar-refractivity contribution in [2.75, 3.05) is 0 Å². The van der Waals surface area contributed by atoms with Gasteiger partial charge in [-0.2, -0.15) is 0 Å². The zero-order valence-corrected chi connectivity index (χ0v) is 33.2. The van der Waals surface area contributed by atoms with Gasteiger partial charge < -0.3 is 5.41 Å². The Balaban J connectivity index is 1.01. The SMILES string of the molecule is CC1(C)c2ccc3ccccc3c2-c2cccc(-c3ccc(-c4ccc(C=N/C(=C\C(=N)c5ccccc5)c5cccc(-c6ccccc6)c5)c5ccccc45)cc3)c21. The summed E-state index contributed by atoms with van der Waals surface area (Å²) in [5, 5.41) is 13.9. The Morgan fingerprint density at radius 3 is 1.86 bits per heavy atom. The van der Waals surface area contributed by atoms with Crippen LogP contribution in [0.5, 0.6) is 0 Å². The summed E-state index contributed by atoms with van der Waals surface area (Å²) in [6, 6.07) is 70.9. The Kier molecular flexibility index (Phi) is 9.03. The molecule has 0 aromatic heterocycles. The minimum atomic E-state index is -0.126. The molecule has 9 aromatic carbocycles. The van der Waals surface area contributed by atoms with E-state index < -0.39 is 0 Å². The van der Waals surface area contributed by atoms with Crippen molar-refractivity contribution in [1.29, 1.82) is 5.41 Å². The first-order valence-electron chi connectivity index (χ1n) is 20.3. The van der Waals surface area contributed by atoms with Gasteiger partial charge in [-0.05, 0) is 94.9 Å². The topological polar surface area (TPSA) is 36.2 Å². The highest BCUT2D eigenvalue weighted by Gasteiger charge is 2.38. The van der Waals surface area contributed by atoms with E-state index in [1.807, 2.05) is 48.7 Å². The van der Waals surface area contributed by atoms with E-state index in [2.05, 4.69) is 178 Å². The summed E-state index contributed by atoms with van der Waals surface area (Å²) in [4.78, 5) is 5.13. The maximum atomic E-state index is 9.00. The van der Waals surface area contributed by atoms with Gasteiger partial charge in [-0.15, -0.1) is 0 Å². The maximum absolute atomic E-state index is 9.00. The number of nitrogens with zero attached hydrogens (tertiary/aromatic N) is 1. The van der Waals surface area contributed by atoms with Gasteiger partial charge in [0, 0.05) is 22.8 Å². The molecular formula is C57H42N2. The third kappa shape index (κ3) is 6.49. The molecule has 1 N–H and O–H groups in total. The van der Waals surface area contributed by atoms with Crippen molar-refractivity contribution in [3.63, 3.8) is 0 Å². The fourth-order valence-electron chi connectivity index (χ4n) is 9.07. The van der Waals surface area contributed by atoms with E-state index in [0.717, 1.165) is 38.9 Å². The summed E-state index contributed by atoms with van der Waals surface area (Å²) in [7, 11) is 0. The minimum Gasteiger partial charge on any atom is -0.300 e. The Labute approximate surface area is 346 Å². The van der Waals surface area contributed by atoms with Gasteiger partial charge in [-0.3, -0.25) is 4.99 Å². The summed E-state index contributed by atoms with van der Waals surface area (Å²) in [5.41, 5.74) is 16.4. The van der Waals surface area contributed by atoms with Crippen LogP contribution in [0.2, 0.25) is 0 Å². The molecule has 0 amide bonds. The van der Waals surface area contributed by atoms with Crippen molar-refractivity contribution in [1.82, 2.24) is 0 Å². The number of aliphatic imine (C=N–C) groups is 1. The smallest absolute Gasteiger partial charge is 0.0723 e. The molecule has 59 heavy (non-hydrogen) atoms. The largest absolute Gasteiger partial charge is 0.300 e. The first kappa shape index (κ1) is 36.0. The summed E-state index contributed by atoms with van der Waals surface area (Å²) < 4.78 is 0. The van der Waals surface area contributed by atoms with Gasteiger partial charge >= 0.3 is 0 Å². The second kappa shape index (κ2) is 14.8. The highest BCUT2D eigenvalue weighted by molar-refractivity contribution is 6.12. The highest BCUT2D eigenvalue weighted by Crippen LogP contribution is 2.54. The molecule has 0 aliphatic heterocycles. The van der Waals surface area contributed by atoms with E-state index in [9.17, 15) is 0 Å². The van der Waals surface area contributed by atoms with Crippen LogP contribution in [0, 0.1) is 5.41 Å². The normalized spacial score (nSPS) is 13.2. The number of hydrogen-bond donors (Lipinski definition) is 1. The van der Waals surface area contributed by atoms with Crippen molar-refractivity contribution >= 4 is 39.2 Å². The molecule has 0 bridgehead atoms. The number of benzene rings is 9. The van der Waals surface area contributed by atoms with Crippen LogP contribution in [0.4, 0.5) is 0 Å². The van der Waals surface area contributed by atoms with Crippen LogP contribution in [-0.2, 0) is 5.41 Å². The van der Waals surface area contributed by atoms with Crippen LogP contribution in [-0.4, -0.2) is 11.9 Å². The van der Waals surface area contributed by atoms with Gasteiger partial charge in [0.25, 0.3) is 0 Å². The second-order valence-electron chi connectivity index (χ2n) is 15.9. The van der Waals surface area contributed by atoms with Crippen LogP contribution in [0.25, 0.3) is 71.7 Å². The molecule has 0 unspecified atom stereocenters. The molecule has 0 saturated heterocycles. The Hall–Kier alpha value is -7.42. The van der Waals surface area contributed by atoms with Crippen molar-refractivity contribution in [2.24, 2.45) is 4.99 Å². The Bertz CT molecular complexity index is 3110. The van der Waals surface area contributed by atoms with E-state index in [4.69, 9.17) is 10.4 Å². The van der Waals surface area contributed by atoms with Crippen molar-refractivity contribution in [2.45, 2.75) is 19.3 Å². The first-order valence-corrected chi connectivity index (χ1v) is 20.3. The van der Waals surface area contributed by atoms with Crippen molar-refractivity contribution < 1.29 is 0 Å². The lowest BCUT2D eigenvalue weighted by molar-refractivity contribution is 0.662. The van der Waals surface area contributed by atoms with Crippen LogP contribution in [0.1, 0.15) is 41.7 Å². The summed E-state index contributed by atoms with van der Waals surface area (Å²) >= 11 is 0. The third-order valence-electron chi connectivity index (χ3n) is 12.0. The molecule has 0 atom stereocenters. The van der Waals surface area contributed by atoms with Gasteiger partial charge in [0.2, 0.25) is 0 Å². The number of hydrogen-bond acceptors (Lipinski definition) is 2. The predicted molar refractivity (Wildman–Crippen MR) is 251 cm³/mol. The number of allylic oxidation sites excluding steroid dienone is 1. The molecule has 0 saturated carbocycles. The zero-order chi connectivity index (χ0) is 39.9. The third-order valence-corrected chi connectivity index (χ3v) is 12.0. The molecule has 0 radical (unpaired) electrons. The lowest BCUT2D eigenvalue weighted by Gasteiger charge is -2.24. The standard InChI is InChI=1S/C57H42N2/c1-57(2)52-34-32-39-17-9-10-23-48(39)55(52)51-26-14-25-49(56(51)57)41-29-27-40(28-30-41)47-33-31-45(46-22-11-12-24-50(46)47)37-59-54(36-53(58)42-18-7-4-8-19-42)44-21-13-20-43(35-44)38-15-5-3-6-16-38/h3-37,58H,1-2H3/b54-36-,58-53?,59-37?. The molecular weight excluding hydrogens is 713 g/mol. The van der Waals surface area contributed by atoms with Gasteiger partial charge in [-0.1, -0.05) is 208 Å². The molecule has 1 aliphatic rings. The average Bonchev–Trinajstić information content (AvgIpc) is 3.54. The van der Waals surface area contributed by atoms with Crippen LogP contribution in [0.15, 0.2) is 211 Å². The summed E-state index contributed by atoms with van der Waals surface area (Å²) in [6.45, 7) is 4.74. The molecule has 10 rings (SSSR count). The highest BCUT2D eigenvalue weighted by atomic mass is 14.7. The van der Waals surface area contributed by atoms with E-state index in [1.165, 1.54) is 60.7 Å². The lowest BCUT2D eigenvalue weighted by atomic mass is 9.78. The van der Waals surface area contributed by atoms with E-state index in [-0.39, 0.29) is 5.41 Å². The number of nitrogens with one attached hydrogen (secondary N) is 1. The van der Waals surface area contributed by atoms with E-state index >= 15 is 0 Å². The van der Waals surface area contributed by atoms with Crippen LogP contribution < -0.4 is 0 Å². The van der Waals surface area contributed by atoms with E-state index in [1.54, 1.807) is 0 Å². The Morgan fingerprint density at radius 1 is 0.475 bits per heavy atom. The van der Waals surface area contributed by atoms with Crippen molar-refractivity contribution in [3.05, 3.63) is 234 Å². The molecule has 0 heterocycles. The monoisotopic (exact) mass is 754 g/mol. The molecule has 0 spiro atoms. The van der Waals surface area contributed by atoms with Gasteiger partial charge in [0.15, 0.2) is 0 Å². The van der Waals surface area contributed by atoms with Gasteiger partial charge in [0.05, 0.1) is 11.4 Å². The zero-order valence-electron chi connectivity index (χ0n) is 33.2. The summed E-state index contributed by atoms with van der Waals surface area (Å²) in [5.74, 6) is 0. The molecule has 0 fully saturated rings. The molecule has 9 aromatic rings. The number of fused-ring (bicyclic) bond motifs is 6. The lowest BCUT2D eigenvalue weighted by Crippen LogP contribution is -2.16. The van der Waals surface area contributed by atoms with Crippen LogP contribution in [0.3, 0.4) is 0 Å². The van der Waals surface area contributed by atoms with Crippen LogP contribution >= 0.6 is 0 Å². The first-order chi connectivity index (χ1) is 28.9. The number of rotatable bonds is 8. The minimum absolute atomic E-state index is 0.126. The van der Waals surface area contributed by atoms with Gasteiger partial charge in [-0.25, -0.2) is 0 Å². The second-order valence-corrected chi connectivity index (χ2v) is 15.9.